The molecule has 1 aromatic carbocycles. The summed E-state index contributed by atoms with van der Waals surface area (Å²) in [4.78, 5) is 0. The smallest absolute Gasteiger partial charge is 0.0294 e. The van der Waals surface area contributed by atoms with Crippen LogP contribution in [0.3, 0.4) is 0 Å². The first kappa shape index (κ1) is 10.7. The number of hydrogen-bond acceptors (Lipinski definition) is 1. The molecule has 1 fully saturated rings. The highest BCUT2D eigenvalue weighted by molar-refractivity contribution is 5.24. The lowest BCUT2D eigenvalue weighted by atomic mass is 10.1. The van der Waals surface area contributed by atoms with Gasteiger partial charge in [-0.3, -0.25) is 0 Å². The van der Waals surface area contributed by atoms with Gasteiger partial charge >= 0.3 is 0 Å². The van der Waals surface area contributed by atoms with Gasteiger partial charge in [0.15, 0.2) is 0 Å². The fourth-order valence-electron chi connectivity index (χ4n) is 2.18. The van der Waals surface area contributed by atoms with Gasteiger partial charge < -0.3 is 5.32 Å². The molecule has 2 rings (SSSR count). The van der Waals surface area contributed by atoms with Crippen molar-refractivity contribution in [3.63, 3.8) is 0 Å². The van der Waals surface area contributed by atoms with Crippen molar-refractivity contribution < 1.29 is 0 Å². The Bertz CT molecular complexity index is 315. The van der Waals surface area contributed by atoms with Crippen molar-refractivity contribution in [2.45, 2.75) is 45.7 Å². The molecule has 1 aromatic rings. The van der Waals surface area contributed by atoms with E-state index in [-0.39, 0.29) is 0 Å². The van der Waals surface area contributed by atoms with E-state index in [0.717, 1.165) is 12.0 Å². The summed E-state index contributed by atoms with van der Waals surface area (Å²) in [6, 6.07) is 10.1. The second-order valence-electron chi connectivity index (χ2n) is 4.81. The summed E-state index contributed by atoms with van der Waals surface area (Å²) in [7, 11) is 0. The van der Waals surface area contributed by atoms with E-state index >= 15 is 0 Å². The molecule has 0 bridgehead atoms. The quantitative estimate of drug-likeness (QED) is 0.790. The van der Waals surface area contributed by atoms with E-state index < -0.39 is 0 Å². The van der Waals surface area contributed by atoms with E-state index in [1.165, 1.54) is 24.0 Å². The van der Waals surface area contributed by atoms with Crippen LogP contribution in [0, 0.1) is 12.8 Å². The van der Waals surface area contributed by atoms with Crippen molar-refractivity contribution in [1.29, 1.82) is 0 Å². The monoisotopic (exact) mass is 203 g/mol. The van der Waals surface area contributed by atoms with Crippen LogP contribution in [0.4, 0.5) is 0 Å². The maximum Gasteiger partial charge on any atom is 0.0294 e. The topological polar surface area (TPSA) is 12.0 Å². The van der Waals surface area contributed by atoms with Crippen molar-refractivity contribution >= 4 is 0 Å². The summed E-state index contributed by atoms with van der Waals surface area (Å²) < 4.78 is 0. The number of benzene rings is 1. The Morgan fingerprint density at radius 1 is 1.33 bits per heavy atom. The van der Waals surface area contributed by atoms with Gasteiger partial charge in [0, 0.05) is 12.1 Å². The van der Waals surface area contributed by atoms with Crippen molar-refractivity contribution in [3.8, 4) is 0 Å². The highest BCUT2D eigenvalue weighted by Gasteiger charge is 2.35. The maximum absolute atomic E-state index is 3.69. The minimum Gasteiger partial charge on any atom is -0.307 e. The molecule has 82 valence electrons. The molecule has 0 amide bonds. The second-order valence-corrected chi connectivity index (χ2v) is 4.81. The van der Waals surface area contributed by atoms with Gasteiger partial charge in [-0.1, -0.05) is 43.2 Å². The molecular formula is C14H21N. The first-order valence-electron chi connectivity index (χ1n) is 6.03. The Morgan fingerprint density at radius 3 is 2.53 bits per heavy atom. The maximum atomic E-state index is 3.69. The van der Waals surface area contributed by atoms with Crippen LogP contribution < -0.4 is 5.32 Å². The van der Waals surface area contributed by atoms with Crippen molar-refractivity contribution in [1.82, 2.24) is 5.32 Å². The molecule has 0 saturated heterocycles. The average molecular weight is 203 g/mol. The van der Waals surface area contributed by atoms with Gasteiger partial charge in [0.05, 0.1) is 0 Å². The summed E-state index contributed by atoms with van der Waals surface area (Å²) in [5, 5.41) is 3.69. The SMILES string of the molecule is CCC1CC1NC(C)c1ccc(C)cc1. The van der Waals surface area contributed by atoms with Crippen LogP contribution in [0.1, 0.15) is 43.9 Å². The zero-order valence-electron chi connectivity index (χ0n) is 9.96. The fourth-order valence-corrected chi connectivity index (χ4v) is 2.18. The molecule has 15 heavy (non-hydrogen) atoms. The molecule has 1 N–H and O–H groups in total. The summed E-state index contributed by atoms with van der Waals surface area (Å²) >= 11 is 0. The Hall–Kier alpha value is -0.820. The highest BCUT2D eigenvalue weighted by Crippen LogP contribution is 2.35. The lowest BCUT2D eigenvalue weighted by Gasteiger charge is -2.14. The number of aryl methyl sites for hydroxylation is 1. The Balaban J connectivity index is 1.91. The van der Waals surface area contributed by atoms with Crippen LogP contribution in [0.2, 0.25) is 0 Å². The van der Waals surface area contributed by atoms with E-state index in [2.05, 4.69) is 50.4 Å². The van der Waals surface area contributed by atoms with Crippen LogP contribution in [-0.4, -0.2) is 6.04 Å². The minimum absolute atomic E-state index is 0.493. The molecule has 1 aliphatic rings. The third-order valence-electron chi connectivity index (χ3n) is 3.49. The van der Waals surface area contributed by atoms with Gasteiger partial charge in [0.1, 0.15) is 0 Å². The first-order valence-corrected chi connectivity index (χ1v) is 6.03. The molecule has 0 aliphatic heterocycles. The second kappa shape index (κ2) is 4.36. The van der Waals surface area contributed by atoms with E-state index in [1.807, 2.05) is 0 Å². The molecule has 0 spiro atoms. The Labute approximate surface area is 92.9 Å². The first-order chi connectivity index (χ1) is 7.20. The lowest BCUT2D eigenvalue weighted by Crippen LogP contribution is -2.22. The van der Waals surface area contributed by atoms with Gasteiger partial charge in [-0.05, 0) is 31.7 Å². The standard InChI is InChI=1S/C14H21N/c1-4-12-9-14(12)15-11(3)13-7-5-10(2)6-8-13/h5-8,11-12,14-15H,4,9H2,1-3H3. The van der Waals surface area contributed by atoms with Crippen molar-refractivity contribution in [2.24, 2.45) is 5.92 Å². The third-order valence-corrected chi connectivity index (χ3v) is 3.49. The summed E-state index contributed by atoms with van der Waals surface area (Å²) in [6.45, 7) is 6.68. The van der Waals surface area contributed by atoms with E-state index in [9.17, 15) is 0 Å². The highest BCUT2D eigenvalue weighted by atomic mass is 15.0. The number of rotatable bonds is 4. The lowest BCUT2D eigenvalue weighted by molar-refractivity contribution is 0.539. The Morgan fingerprint density at radius 2 is 2.00 bits per heavy atom. The molecule has 0 heterocycles. The molecule has 0 radical (unpaired) electrons. The Kier molecular flexibility index (Phi) is 3.11. The van der Waals surface area contributed by atoms with E-state index in [4.69, 9.17) is 0 Å². The summed E-state index contributed by atoms with van der Waals surface area (Å²) in [6.07, 6.45) is 2.69. The molecule has 3 atom stereocenters. The van der Waals surface area contributed by atoms with Crippen molar-refractivity contribution in [3.05, 3.63) is 35.4 Å². The van der Waals surface area contributed by atoms with E-state index in [0.29, 0.717) is 6.04 Å². The van der Waals surface area contributed by atoms with Crippen molar-refractivity contribution in [2.75, 3.05) is 0 Å². The normalized spacial score (nSPS) is 26.3. The molecular weight excluding hydrogens is 182 g/mol. The van der Waals surface area contributed by atoms with Gasteiger partial charge in [0.2, 0.25) is 0 Å². The van der Waals surface area contributed by atoms with Gasteiger partial charge in [-0.15, -0.1) is 0 Å². The zero-order valence-corrected chi connectivity index (χ0v) is 9.96. The third kappa shape index (κ3) is 2.60. The predicted molar refractivity (Wildman–Crippen MR) is 64.9 cm³/mol. The molecule has 1 aliphatic carbocycles. The number of hydrogen-bond donors (Lipinski definition) is 1. The zero-order chi connectivity index (χ0) is 10.8. The molecule has 1 nitrogen and oxygen atoms in total. The predicted octanol–water partition coefficient (Wildman–Crippen LogP) is 3.44. The summed E-state index contributed by atoms with van der Waals surface area (Å²) in [5.41, 5.74) is 2.74. The minimum atomic E-state index is 0.493. The van der Waals surface area contributed by atoms with Gasteiger partial charge in [-0.25, -0.2) is 0 Å². The molecule has 3 unspecified atom stereocenters. The largest absolute Gasteiger partial charge is 0.307 e. The molecule has 0 aromatic heterocycles. The van der Waals surface area contributed by atoms with E-state index in [1.54, 1.807) is 0 Å². The van der Waals surface area contributed by atoms with Gasteiger partial charge in [-0.2, -0.15) is 0 Å². The van der Waals surface area contributed by atoms with Crippen LogP contribution in [0.25, 0.3) is 0 Å². The number of nitrogens with one attached hydrogen (secondary N) is 1. The van der Waals surface area contributed by atoms with Crippen LogP contribution in [0.15, 0.2) is 24.3 Å². The van der Waals surface area contributed by atoms with Crippen LogP contribution >= 0.6 is 0 Å². The fraction of sp³-hybridized carbons (Fsp3) is 0.571. The molecule has 1 saturated carbocycles. The summed E-state index contributed by atoms with van der Waals surface area (Å²) in [5.74, 6) is 0.929. The van der Waals surface area contributed by atoms with Crippen LogP contribution in [-0.2, 0) is 0 Å². The van der Waals surface area contributed by atoms with Crippen LogP contribution in [0.5, 0.6) is 0 Å². The average Bonchev–Trinajstić information content (AvgIpc) is 2.97. The molecule has 1 heteroatoms. The van der Waals surface area contributed by atoms with Gasteiger partial charge in [0.25, 0.3) is 0 Å².